The van der Waals surface area contributed by atoms with E-state index in [1.807, 2.05) is 0 Å². The number of nitro groups is 1. The Morgan fingerprint density at radius 3 is 2.38 bits per heavy atom. The molecule has 0 saturated heterocycles. The molecule has 0 amide bonds. The van der Waals surface area contributed by atoms with Gasteiger partial charge in [0.2, 0.25) is 0 Å². The van der Waals surface area contributed by atoms with Crippen LogP contribution in [0.15, 0.2) is 24.3 Å². The first-order valence-electron chi connectivity index (χ1n) is 4.82. The van der Waals surface area contributed by atoms with Crippen LogP contribution in [0.25, 0.3) is 0 Å². The molecule has 0 aliphatic rings. The molecule has 6 heteroatoms. The van der Waals surface area contributed by atoms with Crippen LogP contribution >= 0.6 is 0 Å². The molecule has 0 fully saturated rings. The predicted octanol–water partition coefficient (Wildman–Crippen LogP) is -0.182. The van der Waals surface area contributed by atoms with Crippen molar-refractivity contribution in [3.63, 3.8) is 0 Å². The van der Waals surface area contributed by atoms with E-state index in [0.29, 0.717) is 0 Å². The van der Waals surface area contributed by atoms with E-state index >= 15 is 0 Å². The SMILES string of the molecule is N[C@@H](CO)[C@@H](O)Cc1ccc([N+](=O)[O-])cc1. The quantitative estimate of drug-likeness (QED) is 0.476. The van der Waals surface area contributed by atoms with Gasteiger partial charge in [-0.25, -0.2) is 0 Å². The molecule has 2 atom stereocenters. The van der Waals surface area contributed by atoms with Crippen LogP contribution in [0, 0.1) is 10.1 Å². The monoisotopic (exact) mass is 226 g/mol. The van der Waals surface area contributed by atoms with Crippen LogP contribution < -0.4 is 5.73 Å². The molecule has 0 saturated carbocycles. The summed E-state index contributed by atoms with van der Waals surface area (Å²) in [4.78, 5) is 9.91. The van der Waals surface area contributed by atoms with Crippen LogP contribution in [0.1, 0.15) is 5.56 Å². The average Bonchev–Trinajstić information content (AvgIpc) is 2.28. The van der Waals surface area contributed by atoms with Crippen molar-refractivity contribution in [2.24, 2.45) is 5.73 Å². The number of nitrogens with zero attached hydrogens (tertiary/aromatic N) is 1. The molecule has 0 bridgehead atoms. The van der Waals surface area contributed by atoms with Crippen LogP contribution in [0.4, 0.5) is 5.69 Å². The Bertz CT molecular complexity index is 352. The summed E-state index contributed by atoms with van der Waals surface area (Å²) in [6.07, 6.45) is -0.592. The zero-order valence-electron chi connectivity index (χ0n) is 8.61. The number of benzene rings is 1. The zero-order chi connectivity index (χ0) is 12.1. The third kappa shape index (κ3) is 3.27. The lowest BCUT2D eigenvalue weighted by atomic mass is 10.0. The molecule has 0 spiro atoms. The number of aliphatic hydroxyl groups excluding tert-OH is 2. The molecule has 1 aromatic carbocycles. The second kappa shape index (κ2) is 5.55. The van der Waals surface area contributed by atoms with Crippen molar-refractivity contribution in [3.05, 3.63) is 39.9 Å². The van der Waals surface area contributed by atoms with Crippen molar-refractivity contribution < 1.29 is 15.1 Å². The predicted molar refractivity (Wildman–Crippen MR) is 57.9 cm³/mol. The molecule has 0 radical (unpaired) electrons. The Kier molecular flexibility index (Phi) is 4.36. The Morgan fingerprint density at radius 1 is 1.38 bits per heavy atom. The van der Waals surface area contributed by atoms with E-state index < -0.39 is 17.1 Å². The highest BCUT2D eigenvalue weighted by Crippen LogP contribution is 2.13. The van der Waals surface area contributed by atoms with Gasteiger partial charge >= 0.3 is 0 Å². The van der Waals surface area contributed by atoms with E-state index in [1.165, 1.54) is 12.1 Å². The summed E-state index contributed by atoms with van der Waals surface area (Å²) in [5.74, 6) is 0. The van der Waals surface area contributed by atoms with Crippen LogP contribution in [0.2, 0.25) is 0 Å². The van der Waals surface area contributed by atoms with E-state index in [-0.39, 0.29) is 18.7 Å². The number of rotatable bonds is 5. The molecule has 16 heavy (non-hydrogen) atoms. The summed E-state index contributed by atoms with van der Waals surface area (Å²) in [6.45, 7) is -0.297. The Balaban J connectivity index is 2.65. The second-order valence-electron chi connectivity index (χ2n) is 3.54. The fraction of sp³-hybridized carbons (Fsp3) is 0.400. The van der Waals surface area contributed by atoms with E-state index in [9.17, 15) is 15.2 Å². The van der Waals surface area contributed by atoms with E-state index in [0.717, 1.165) is 5.56 Å². The summed E-state index contributed by atoms with van der Waals surface area (Å²) in [6, 6.07) is 5.16. The largest absolute Gasteiger partial charge is 0.395 e. The minimum absolute atomic E-state index is 0.00435. The fourth-order valence-corrected chi connectivity index (χ4v) is 1.27. The van der Waals surface area contributed by atoms with Gasteiger partial charge in [0.05, 0.1) is 23.7 Å². The van der Waals surface area contributed by atoms with Crippen molar-refractivity contribution in [1.29, 1.82) is 0 Å². The minimum Gasteiger partial charge on any atom is -0.395 e. The van der Waals surface area contributed by atoms with E-state index in [1.54, 1.807) is 12.1 Å². The molecule has 4 N–H and O–H groups in total. The summed E-state index contributed by atoms with van der Waals surface area (Å²) in [7, 11) is 0. The van der Waals surface area contributed by atoms with Crippen LogP contribution in [-0.4, -0.2) is 33.9 Å². The van der Waals surface area contributed by atoms with Gasteiger partial charge in [-0.3, -0.25) is 10.1 Å². The summed E-state index contributed by atoms with van der Waals surface area (Å²) in [5, 5.41) is 28.6. The number of nitro benzene ring substituents is 1. The van der Waals surface area contributed by atoms with Gasteiger partial charge in [-0.2, -0.15) is 0 Å². The van der Waals surface area contributed by atoms with Gasteiger partial charge in [0, 0.05) is 12.1 Å². The number of aliphatic hydroxyl groups is 2. The van der Waals surface area contributed by atoms with Crippen LogP contribution in [0.3, 0.4) is 0 Å². The summed E-state index contributed by atoms with van der Waals surface area (Å²) in [5.41, 5.74) is 6.18. The van der Waals surface area contributed by atoms with Crippen molar-refractivity contribution >= 4 is 5.69 Å². The average molecular weight is 226 g/mol. The van der Waals surface area contributed by atoms with E-state index in [4.69, 9.17) is 10.8 Å². The lowest BCUT2D eigenvalue weighted by molar-refractivity contribution is -0.384. The van der Waals surface area contributed by atoms with Crippen molar-refractivity contribution in [3.8, 4) is 0 Å². The lowest BCUT2D eigenvalue weighted by Crippen LogP contribution is -2.39. The van der Waals surface area contributed by atoms with Gasteiger partial charge < -0.3 is 15.9 Å². The highest BCUT2D eigenvalue weighted by molar-refractivity contribution is 5.33. The van der Waals surface area contributed by atoms with Crippen molar-refractivity contribution in [2.75, 3.05) is 6.61 Å². The maximum absolute atomic E-state index is 10.4. The van der Waals surface area contributed by atoms with Gasteiger partial charge in [0.25, 0.3) is 5.69 Å². The molecule has 1 aromatic rings. The first-order chi connectivity index (χ1) is 7.54. The molecular formula is C10H14N2O4. The van der Waals surface area contributed by atoms with Gasteiger partial charge in [0.15, 0.2) is 0 Å². The molecule has 0 aromatic heterocycles. The summed E-state index contributed by atoms with van der Waals surface area (Å²) >= 11 is 0. The second-order valence-corrected chi connectivity index (χ2v) is 3.54. The number of hydrogen-bond donors (Lipinski definition) is 3. The normalized spacial score (nSPS) is 14.4. The molecule has 0 aliphatic heterocycles. The molecule has 88 valence electrons. The van der Waals surface area contributed by atoms with Crippen molar-refractivity contribution in [2.45, 2.75) is 18.6 Å². The smallest absolute Gasteiger partial charge is 0.269 e. The third-order valence-electron chi connectivity index (χ3n) is 2.30. The standard InChI is InChI=1S/C10H14N2O4/c11-9(6-13)10(14)5-7-1-3-8(4-2-7)12(15)16/h1-4,9-10,13-14H,5-6,11H2/t9-,10-/m0/s1. The van der Waals surface area contributed by atoms with Crippen LogP contribution in [-0.2, 0) is 6.42 Å². The zero-order valence-corrected chi connectivity index (χ0v) is 8.61. The van der Waals surface area contributed by atoms with Gasteiger partial charge in [-0.05, 0) is 12.0 Å². The highest BCUT2D eigenvalue weighted by Gasteiger charge is 2.14. The lowest BCUT2D eigenvalue weighted by Gasteiger charge is -2.16. The van der Waals surface area contributed by atoms with Gasteiger partial charge in [-0.15, -0.1) is 0 Å². The molecule has 0 heterocycles. The Labute approximate surface area is 92.5 Å². The summed E-state index contributed by atoms with van der Waals surface area (Å²) < 4.78 is 0. The maximum atomic E-state index is 10.4. The van der Waals surface area contributed by atoms with E-state index in [2.05, 4.69) is 0 Å². The number of non-ortho nitro benzene ring substituents is 1. The minimum atomic E-state index is -0.855. The number of hydrogen-bond acceptors (Lipinski definition) is 5. The molecule has 6 nitrogen and oxygen atoms in total. The topological polar surface area (TPSA) is 110 Å². The number of nitrogens with two attached hydrogens (primary N) is 1. The first-order valence-corrected chi connectivity index (χ1v) is 4.82. The highest BCUT2D eigenvalue weighted by atomic mass is 16.6. The molecule has 1 rings (SSSR count). The first kappa shape index (κ1) is 12.6. The van der Waals surface area contributed by atoms with Crippen LogP contribution in [0.5, 0.6) is 0 Å². The third-order valence-corrected chi connectivity index (χ3v) is 2.30. The Morgan fingerprint density at radius 2 is 1.94 bits per heavy atom. The molecular weight excluding hydrogens is 212 g/mol. The van der Waals surface area contributed by atoms with Gasteiger partial charge in [0.1, 0.15) is 0 Å². The molecule has 0 unspecified atom stereocenters. The fourth-order valence-electron chi connectivity index (χ4n) is 1.27. The maximum Gasteiger partial charge on any atom is 0.269 e. The van der Waals surface area contributed by atoms with Crippen molar-refractivity contribution in [1.82, 2.24) is 0 Å². The van der Waals surface area contributed by atoms with Gasteiger partial charge in [-0.1, -0.05) is 12.1 Å². The molecule has 0 aliphatic carbocycles. The Hall–Kier alpha value is -1.50.